The minimum absolute atomic E-state index is 0.115. The molecule has 27 heavy (non-hydrogen) atoms. The van der Waals surface area contributed by atoms with E-state index in [9.17, 15) is 4.79 Å². The second kappa shape index (κ2) is 7.53. The summed E-state index contributed by atoms with van der Waals surface area (Å²) in [6.45, 7) is 0. The van der Waals surface area contributed by atoms with Crippen LogP contribution in [0.2, 0.25) is 0 Å². The zero-order valence-corrected chi connectivity index (χ0v) is 15.1. The summed E-state index contributed by atoms with van der Waals surface area (Å²) in [4.78, 5) is 26.1. The molecular weight excluding hydrogens is 340 g/mol. The van der Waals surface area contributed by atoms with Crippen LogP contribution >= 0.6 is 0 Å². The highest BCUT2D eigenvalue weighted by molar-refractivity contribution is 5.96. The van der Waals surface area contributed by atoms with E-state index >= 15 is 0 Å². The molecule has 1 atom stereocenters. The quantitative estimate of drug-likeness (QED) is 0.772. The van der Waals surface area contributed by atoms with Gasteiger partial charge in [-0.1, -0.05) is 30.3 Å². The zero-order chi connectivity index (χ0) is 18.6. The summed E-state index contributed by atoms with van der Waals surface area (Å²) < 4.78 is 5.19. The Bertz CT molecular complexity index is 959. The molecule has 0 saturated heterocycles. The minimum Gasteiger partial charge on any atom is -0.480 e. The molecule has 4 rings (SSSR count). The number of carbonyl (C=O) groups is 1. The first-order chi connectivity index (χ1) is 13.3. The van der Waals surface area contributed by atoms with Crippen LogP contribution in [0.15, 0.2) is 54.9 Å². The van der Waals surface area contributed by atoms with Gasteiger partial charge >= 0.3 is 0 Å². The van der Waals surface area contributed by atoms with Crippen LogP contribution in [-0.2, 0) is 6.42 Å². The van der Waals surface area contributed by atoms with Gasteiger partial charge in [0.2, 0.25) is 5.88 Å². The monoisotopic (exact) mass is 360 g/mol. The van der Waals surface area contributed by atoms with E-state index in [2.05, 4.69) is 15.3 Å². The van der Waals surface area contributed by atoms with E-state index in [0.717, 1.165) is 41.9 Å². The maximum absolute atomic E-state index is 12.7. The third kappa shape index (κ3) is 3.51. The summed E-state index contributed by atoms with van der Waals surface area (Å²) in [6.07, 6.45) is 6.16. The topological polar surface area (TPSA) is 77.0 Å². The van der Waals surface area contributed by atoms with Crippen LogP contribution in [0, 0.1) is 0 Å². The largest absolute Gasteiger partial charge is 0.480 e. The molecule has 1 amide bonds. The van der Waals surface area contributed by atoms with Gasteiger partial charge in [-0.15, -0.1) is 0 Å². The molecule has 6 heteroatoms. The molecule has 0 bridgehead atoms. The van der Waals surface area contributed by atoms with Gasteiger partial charge in [-0.25, -0.2) is 15.0 Å². The molecule has 1 aliphatic carbocycles. The highest BCUT2D eigenvalue weighted by atomic mass is 16.5. The molecule has 3 aromatic rings. The number of aromatic nitrogens is 3. The number of carbonyl (C=O) groups excluding carboxylic acids is 1. The van der Waals surface area contributed by atoms with Crippen molar-refractivity contribution in [2.24, 2.45) is 0 Å². The average Bonchev–Trinajstić information content (AvgIpc) is 2.74. The van der Waals surface area contributed by atoms with Crippen molar-refractivity contribution in [2.75, 3.05) is 7.11 Å². The Balaban J connectivity index is 1.59. The fourth-order valence-corrected chi connectivity index (χ4v) is 3.39. The number of nitrogens with zero attached hydrogens (tertiary/aromatic N) is 3. The summed E-state index contributed by atoms with van der Waals surface area (Å²) in [7, 11) is 1.51. The molecule has 2 heterocycles. The minimum atomic E-state index is -0.204. The number of ether oxygens (including phenoxy) is 1. The van der Waals surface area contributed by atoms with Crippen LogP contribution in [0.3, 0.4) is 0 Å². The molecule has 0 fully saturated rings. The maximum Gasteiger partial charge on any atom is 0.257 e. The maximum atomic E-state index is 12.7. The van der Waals surface area contributed by atoms with E-state index in [1.165, 1.54) is 7.11 Å². The molecule has 2 aromatic heterocycles. The van der Waals surface area contributed by atoms with E-state index in [1.54, 1.807) is 18.3 Å². The van der Waals surface area contributed by atoms with Crippen molar-refractivity contribution >= 4 is 5.91 Å². The number of pyridine rings is 1. The lowest BCUT2D eigenvalue weighted by Crippen LogP contribution is -2.32. The van der Waals surface area contributed by atoms with E-state index in [-0.39, 0.29) is 11.9 Å². The first-order valence-corrected chi connectivity index (χ1v) is 8.97. The van der Waals surface area contributed by atoms with Crippen molar-refractivity contribution in [3.63, 3.8) is 0 Å². The molecule has 0 spiro atoms. The molecule has 1 aromatic carbocycles. The molecule has 1 N–H and O–H groups in total. The summed E-state index contributed by atoms with van der Waals surface area (Å²) in [6, 6.07) is 13.2. The average molecular weight is 360 g/mol. The van der Waals surface area contributed by atoms with Gasteiger partial charge in [-0.3, -0.25) is 4.79 Å². The molecule has 0 saturated carbocycles. The smallest absolute Gasteiger partial charge is 0.257 e. The van der Waals surface area contributed by atoms with Gasteiger partial charge < -0.3 is 10.1 Å². The summed E-state index contributed by atoms with van der Waals surface area (Å²) in [5.41, 5.74) is 3.40. The summed E-state index contributed by atoms with van der Waals surface area (Å²) in [5, 5.41) is 3.09. The normalized spacial score (nSPS) is 15.7. The van der Waals surface area contributed by atoms with Crippen molar-refractivity contribution in [3.05, 3.63) is 71.7 Å². The number of hydrogen-bond donors (Lipinski definition) is 1. The van der Waals surface area contributed by atoms with Crippen LogP contribution in [0.5, 0.6) is 5.88 Å². The standard InChI is InChI=1S/C21H20N4O2/c1-27-21-15(9-6-12-22-21)20(26)25-18-11-5-10-17-16(18)13-23-19(24-17)14-7-3-2-4-8-14/h2-4,6-9,12-13,18H,5,10-11H2,1H3,(H,25,26)/t18-/m1/s1. The van der Waals surface area contributed by atoms with Gasteiger partial charge in [0.25, 0.3) is 5.91 Å². The third-order valence-corrected chi connectivity index (χ3v) is 4.73. The number of nitrogens with one attached hydrogen (secondary N) is 1. The number of methoxy groups -OCH3 is 1. The molecule has 0 unspecified atom stereocenters. The Morgan fingerprint density at radius 1 is 1.15 bits per heavy atom. The second-order valence-electron chi connectivity index (χ2n) is 6.44. The van der Waals surface area contributed by atoms with Crippen molar-refractivity contribution in [1.29, 1.82) is 0 Å². The molecule has 6 nitrogen and oxygen atoms in total. The fourth-order valence-electron chi connectivity index (χ4n) is 3.39. The number of rotatable bonds is 4. The second-order valence-corrected chi connectivity index (χ2v) is 6.44. The van der Waals surface area contributed by atoms with Crippen molar-refractivity contribution in [3.8, 4) is 17.3 Å². The predicted molar refractivity (Wildman–Crippen MR) is 101 cm³/mol. The zero-order valence-electron chi connectivity index (χ0n) is 15.1. The fraction of sp³-hybridized carbons (Fsp3) is 0.238. The van der Waals surface area contributed by atoms with Crippen molar-refractivity contribution in [1.82, 2.24) is 20.3 Å². The van der Waals surface area contributed by atoms with Crippen molar-refractivity contribution in [2.45, 2.75) is 25.3 Å². The Morgan fingerprint density at radius 2 is 2.00 bits per heavy atom. The molecule has 136 valence electrons. The Morgan fingerprint density at radius 3 is 2.81 bits per heavy atom. The van der Waals surface area contributed by atoms with Gasteiger partial charge in [0.05, 0.1) is 13.2 Å². The van der Waals surface area contributed by atoms with Gasteiger partial charge in [0.1, 0.15) is 5.56 Å². The first kappa shape index (κ1) is 17.1. The van der Waals surface area contributed by atoms with Gasteiger partial charge in [-0.2, -0.15) is 0 Å². The number of amides is 1. The molecular formula is C21H20N4O2. The van der Waals surface area contributed by atoms with Crippen LogP contribution in [-0.4, -0.2) is 28.0 Å². The number of benzene rings is 1. The summed E-state index contributed by atoms with van der Waals surface area (Å²) in [5.74, 6) is 0.835. The highest BCUT2D eigenvalue weighted by Crippen LogP contribution is 2.30. The van der Waals surface area contributed by atoms with Crippen molar-refractivity contribution < 1.29 is 9.53 Å². The highest BCUT2D eigenvalue weighted by Gasteiger charge is 2.25. The molecule has 0 aliphatic heterocycles. The van der Waals surface area contributed by atoms with Crippen LogP contribution in [0.4, 0.5) is 0 Å². The Hall–Kier alpha value is -3.28. The van der Waals surface area contributed by atoms with E-state index in [4.69, 9.17) is 9.72 Å². The van der Waals surface area contributed by atoms with E-state index < -0.39 is 0 Å². The number of aryl methyl sites for hydroxylation is 1. The van der Waals surface area contributed by atoms with E-state index in [1.807, 2.05) is 36.5 Å². The Kier molecular flexibility index (Phi) is 4.78. The molecule has 0 radical (unpaired) electrons. The number of hydrogen-bond acceptors (Lipinski definition) is 5. The lowest BCUT2D eigenvalue weighted by molar-refractivity contribution is 0.0928. The predicted octanol–water partition coefficient (Wildman–Crippen LogP) is 3.35. The van der Waals surface area contributed by atoms with E-state index in [0.29, 0.717) is 11.4 Å². The third-order valence-electron chi connectivity index (χ3n) is 4.73. The van der Waals surface area contributed by atoms with Gasteiger partial charge in [-0.05, 0) is 31.4 Å². The van der Waals surface area contributed by atoms with Crippen LogP contribution < -0.4 is 10.1 Å². The number of fused-ring (bicyclic) bond motifs is 1. The lowest BCUT2D eigenvalue weighted by Gasteiger charge is -2.25. The summed E-state index contributed by atoms with van der Waals surface area (Å²) >= 11 is 0. The SMILES string of the molecule is COc1ncccc1C(=O)N[C@@H]1CCCc2nc(-c3ccccc3)ncc21. The van der Waals surface area contributed by atoms with Gasteiger partial charge in [0, 0.05) is 29.2 Å². The van der Waals surface area contributed by atoms with Gasteiger partial charge in [0.15, 0.2) is 5.82 Å². The molecule has 1 aliphatic rings. The first-order valence-electron chi connectivity index (χ1n) is 8.97. The Labute approximate surface area is 157 Å². The van der Waals surface area contributed by atoms with Crippen LogP contribution in [0.25, 0.3) is 11.4 Å². The van der Waals surface area contributed by atoms with Crippen LogP contribution in [0.1, 0.15) is 40.5 Å². The lowest BCUT2D eigenvalue weighted by atomic mass is 9.92.